The van der Waals surface area contributed by atoms with Crippen molar-refractivity contribution in [2.75, 3.05) is 4.90 Å². The number of fused-ring (bicyclic) bond motifs is 11. The minimum absolute atomic E-state index is 0.596. The number of nitrogens with zero attached hydrogens (tertiary/aromatic N) is 3. The molecule has 0 spiro atoms. The van der Waals surface area contributed by atoms with Crippen molar-refractivity contribution in [1.82, 2.24) is 9.97 Å². The van der Waals surface area contributed by atoms with Gasteiger partial charge in [0.1, 0.15) is 11.2 Å². The molecule has 0 aliphatic carbocycles. The van der Waals surface area contributed by atoms with Crippen molar-refractivity contribution in [2.24, 2.45) is 0 Å². The lowest BCUT2D eigenvalue weighted by molar-refractivity contribution is 0.653. The third-order valence-corrected chi connectivity index (χ3v) is 8.96. The van der Waals surface area contributed by atoms with Crippen LogP contribution >= 0.6 is 0 Å². The van der Waals surface area contributed by atoms with Crippen LogP contribution in [0.4, 0.5) is 17.1 Å². The van der Waals surface area contributed by atoms with E-state index in [9.17, 15) is 0 Å². The Bertz CT molecular complexity index is 2790. The summed E-state index contributed by atoms with van der Waals surface area (Å²) in [6.07, 6.45) is 3.70. The Balaban J connectivity index is 1.29. The minimum Gasteiger partial charge on any atom is -0.438 e. The third-order valence-electron chi connectivity index (χ3n) is 8.96. The first-order valence-corrected chi connectivity index (χ1v) is 15.0. The maximum absolute atomic E-state index is 6.23. The Morgan fingerprint density at radius 2 is 1.09 bits per heavy atom. The summed E-state index contributed by atoms with van der Waals surface area (Å²) in [5, 5.41) is 11.3. The number of pyridine rings is 2. The van der Waals surface area contributed by atoms with E-state index in [1.807, 2.05) is 48.8 Å². The predicted molar refractivity (Wildman–Crippen MR) is 184 cm³/mol. The van der Waals surface area contributed by atoms with Gasteiger partial charge in [-0.15, -0.1) is 0 Å². The lowest BCUT2D eigenvalue weighted by Gasteiger charge is -2.26. The molecule has 210 valence electrons. The number of para-hydroxylation sites is 2. The maximum Gasteiger partial charge on any atom is 0.229 e. The second-order valence-electron chi connectivity index (χ2n) is 11.4. The van der Waals surface area contributed by atoms with Gasteiger partial charge in [0, 0.05) is 22.7 Å². The lowest BCUT2D eigenvalue weighted by atomic mass is 9.96. The van der Waals surface area contributed by atoms with E-state index < -0.39 is 0 Å². The number of hydrogen-bond acceptors (Lipinski definition) is 5. The molecule has 0 atom stereocenters. The molecule has 0 radical (unpaired) electrons. The van der Waals surface area contributed by atoms with Gasteiger partial charge < -0.3 is 13.7 Å². The summed E-state index contributed by atoms with van der Waals surface area (Å²) in [6, 6.07) is 44.6. The number of anilines is 3. The number of hydrogen-bond donors (Lipinski definition) is 0. The van der Waals surface area contributed by atoms with Crippen LogP contribution in [0.2, 0.25) is 0 Å². The predicted octanol–water partition coefficient (Wildman–Crippen LogP) is 11.2. The molecule has 0 aliphatic rings. The van der Waals surface area contributed by atoms with Crippen LogP contribution in [0.3, 0.4) is 0 Å². The van der Waals surface area contributed by atoms with Gasteiger partial charge in [-0.25, -0.2) is 9.97 Å². The highest BCUT2D eigenvalue weighted by molar-refractivity contribution is 6.18. The van der Waals surface area contributed by atoms with E-state index in [4.69, 9.17) is 13.8 Å². The van der Waals surface area contributed by atoms with Gasteiger partial charge in [-0.05, 0) is 68.7 Å². The van der Waals surface area contributed by atoms with Crippen LogP contribution in [0.15, 0.2) is 149 Å². The Kier molecular flexibility index (Phi) is 4.93. The molecule has 5 nitrogen and oxygen atoms in total. The summed E-state index contributed by atoms with van der Waals surface area (Å²) in [6.45, 7) is 0. The van der Waals surface area contributed by atoms with E-state index in [1.54, 1.807) is 0 Å². The first kappa shape index (κ1) is 24.3. The molecule has 0 bridgehead atoms. The molecule has 45 heavy (non-hydrogen) atoms. The average molecular weight is 578 g/mol. The Morgan fingerprint density at radius 3 is 1.96 bits per heavy atom. The van der Waals surface area contributed by atoms with Crippen LogP contribution in [-0.2, 0) is 0 Å². The maximum atomic E-state index is 6.23. The Hall–Kier alpha value is -6.20. The monoisotopic (exact) mass is 577 g/mol. The molecular weight excluding hydrogens is 554 g/mol. The molecule has 5 heteroatoms. The third kappa shape index (κ3) is 3.55. The van der Waals surface area contributed by atoms with Crippen LogP contribution in [-0.4, -0.2) is 9.97 Å². The standard InChI is InChI=1S/C40H23N3O2/c1-2-8-28-24(7-1)14-18-30-29(28)17-15-25-13-16-26(21-33(25)30)43(27-22-34-31-9-3-5-11-36(31)44-39(34)42-23-27)35-19-20-41-40-38(35)32-10-4-6-12-37(32)45-40/h1-23H. The smallest absolute Gasteiger partial charge is 0.229 e. The Morgan fingerprint density at radius 1 is 0.444 bits per heavy atom. The first-order chi connectivity index (χ1) is 22.3. The number of benzene rings is 6. The fourth-order valence-electron chi connectivity index (χ4n) is 6.91. The van der Waals surface area contributed by atoms with E-state index in [1.165, 1.54) is 32.3 Å². The van der Waals surface area contributed by atoms with Crippen molar-refractivity contribution in [3.05, 3.63) is 140 Å². The fourth-order valence-corrected chi connectivity index (χ4v) is 6.91. The molecule has 4 aromatic heterocycles. The van der Waals surface area contributed by atoms with Gasteiger partial charge in [0.25, 0.3) is 0 Å². The first-order valence-electron chi connectivity index (χ1n) is 15.0. The highest BCUT2D eigenvalue weighted by Crippen LogP contribution is 2.44. The van der Waals surface area contributed by atoms with E-state index >= 15 is 0 Å². The average Bonchev–Trinajstić information content (AvgIpc) is 3.67. The largest absolute Gasteiger partial charge is 0.438 e. The molecule has 10 rings (SSSR count). The van der Waals surface area contributed by atoms with E-state index in [0.717, 1.165) is 49.8 Å². The highest BCUT2D eigenvalue weighted by Gasteiger charge is 2.22. The summed E-state index contributed by atoms with van der Waals surface area (Å²) >= 11 is 0. The van der Waals surface area contributed by atoms with Gasteiger partial charge in [-0.2, -0.15) is 0 Å². The summed E-state index contributed by atoms with van der Waals surface area (Å²) in [5.74, 6) is 0. The topological polar surface area (TPSA) is 55.3 Å². The zero-order chi connectivity index (χ0) is 29.5. The number of rotatable bonds is 3. The molecule has 0 N–H and O–H groups in total. The quantitative estimate of drug-likeness (QED) is 0.196. The zero-order valence-corrected chi connectivity index (χ0v) is 23.9. The molecule has 6 aromatic carbocycles. The Labute approximate surface area is 256 Å². The van der Waals surface area contributed by atoms with Crippen molar-refractivity contribution in [3.8, 4) is 0 Å². The summed E-state index contributed by atoms with van der Waals surface area (Å²) < 4.78 is 12.3. The SMILES string of the molecule is c1ccc2c(c1)ccc1c3cc(N(c4cnc5oc6ccccc6c5c4)c4ccnc5oc6ccccc6c45)ccc3ccc21. The van der Waals surface area contributed by atoms with Crippen LogP contribution < -0.4 is 4.90 Å². The van der Waals surface area contributed by atoms with Gasteiger partial charge >= 0.3 is 0 Å². The highest BCUT2D eigenvalue weighted by atomic mass is 16.3. The van der Waals surface area contributed by atoms with E-state index in [-0.39, 0.29) is 0 Å². The van der Waals surface area contributed by atoms with Gasteiger partial charge in [0.2, 0.25) is 11.4 Å². The van der Waals surface area contributed by atoms with Gasteiger partial charge in [0.05, 0.1) is 28.3 Å². The molecule has 0 fully saturated rings. The molecule has 0 unspecified atom stereocenters. The number of aromatic nitrogens is 2. The van der Waals surface area contributed by atoms with E-state index in [0.29, 0.717) is 11.4 Å². The van der Waals surface area contributed by atoms with Crippen LogP contribution in [0.25, 0.3) is 76.5 Å². The molecule has 0 amide bonds. The minimum atomic E-state index is 0.596. The lowest BCUT2D eigenvalue weighted by Crippen LogP contribution is -2.11. The summed E-state index contributed by atoms with van der Waals surface area (Å²) in [7, 11) is 0. The van der Waals surface area contributed by atoms with Gasteiger partial charge in [-0.3, -0.25) is 0 Å². The van der Waals surface area contributed by atoms with Crippen LogP contribution in [0, 0.1) is 0 Å². The fraction of sp³-hybridized carbons (Fsp3) is 0. The molecule has 0 saturated heterocycles. The summed E-state index contributed by atoms with van der Waals surface area (Å²) in [5.41, 5.74) is 5.72. The second-order valence-corrected chi connectivity index (χ2v) is 11.4. The summed E-state index contributed by atoms with van der Waals surface area (Å²) in [4.78, 5) is 11.7. The molecule has 0 saturated carbocycles. The van der Waals surface area contributed by atoms with Crippen LogP contribution in [0.1, 0.15) is 0 Å². The van der Waals surface area contributed by atoms with Crippen molar-refractivity contribution < 1.29 is 8.83 Å². The van der Waals surface area contributed by atoms with Crippen LogP contribution in [0.5, 0.6) is 0 Å². The van der Waals surface area contributed by atoms with Crippen molar-refractivity contribution >= 4 is 93.5 Å². The molecular formula is C40H23N3O2. The molecule has 10 aromatic rings. The number of furan rings is 2. The normalized spacial score (nSPS) is 12.0. The second kappa shape index (κ2) is 9.15. The van der Waals surface area contributed by atoms with Crippen molar-refractivity contribution in [2.45, 2.75) is 0 Å². The van der Waals surface area contributed by atoms with Crippen molar-refractivity contribution in [1.29, 1.82) is 0 Å². The molecule has 4 heterocycles. The van der Waals surface area contributed by atoms with E-state index in [2.05, 4.69) is 101 Å². The van der Waals surface area contributed by atoms with Gasteiger partial charge in [-0.1, -0.05) is 91.0 Å². The molecule has 0 aliphatic heterocycles. The zero-order valence-electron chi connectivity index (χ0n) is 23.9. The van der Waals surface area contributed by atoms with Crippen molar-refractivity contribution in [3.63, 3.8) is 0 Å². The van der Waals surface area contributed by atoms with Gasteiger partial charge in [0.15, 0.2) is 0 Å².